The first-order valence-electron chi connectivity index (χ1n) is 8.11. The number of nitrogen functional groups attached to an aromatic ring is 1. The molecule has 4 rings (SSSR count). The van der Waals surface area contributed by atoms with E-state index in [0.29, 0.717) is 16.7 Å². The predicted molar refractivity (Wildman–Crippen MR) is 85.2 cm³/mol. The minimum atomic E-state index is -0.861. The summed E-state index contributed by atoms with van der Waals surface area (Å²) >= 11 is 0. The Morgan fingerprint density at radius 3 is 2.72 bits per heavy atom. The molecule has 0 saturated carbocycles. The maximum atomic E-state index is 10.0. The van der Waals surface area contributed by atoms with E-state index in [4.69, 9.17) is 19.9 Å². The number of aliphatic hydroxyl groups excluding tert-OH is 2. The van der Waals surface area contributed by atoms with Gasteiger partial charge in [-0.2, -0.15) is 5.10 Å². The summed E-state index contributed by atoms with van der Waals surface area (Å²) in [5, 5.41) is 24.6. The van der Waals surface area contributed by atoms with Crippen LogP contribution in [0.1, 0.15) is 38.8 Å². The second-order valence-corrected chi connectivity index (χ2v) is 6.78. The first kappa shape index (κ1) is 16.6. The molecule has 4 N–H and O–H groups in total. The van der Waals surface area contributed by atoms with Crippen molar-refractivity contribution in [2.75, 3.05) is 12.3 Å². The van der Waals surface area contributed by atoms with Gasteiger partial charge in [0.1, 0.15) is 36.2 Å². The number of nitrogens with two attached hydrogens (primary N) is 1. The Balaban J connectivity index is 1.83. The normalized spacial score (nSPS) is 32.2. The van der Waals surface area contributed by atoms with Crippen LogP contribution in [0.25, 0.3) is 11.0 Å². The van der Waals surface area contributed by atoms with Gasteiger partial charge in [-0.3, -0.25) is 0 Å². The van der Waals surface area contributed by atoms with E-state index in [1.807, 2.05) is 0 Å². The standard InChI is InChI=1S/C15H21N5O5/c1-6(22)9-8-12(16)17-5-18-13(8)20(19-9)14-11-10(7(4-21)23-14)24-15(2,3)25-11/h5-7,10-11,14,21-22H,4H2,1-3H3,(H2,16,17,18)/t6-,7+,10+,11+,14+/m0/s1. The molecular weight excluding hydrogens is 330 g/mol. The number of aromatic nitrogens is 4. The second-order valence-electron chi connectivity index (χ2n) is 6.78. The minimum Gasteiger partial charge on any atom is -0.394 e. The van der Waals surface area contributed by atoms with Crippen molar-refractivity contribution in [1.29, 1.82) is 0 Å². The predicted octanol–water partition coefficient (Wildman–Crippen LogP) is -0.128. The largest absolute Gasteiger partial charge is 0.394 e. The molecule has 2 aromatic rings. The zero-order valence-corrected chi connectivity index (χ0v) is 14.2. The molecule has 136 valence electrons. The molecule has 0 amide bonds. The van der Waals surface area contributed by atoms with E-state index in [2.05, 4.69) is 15.1 Å². The van der Waals surface area contributed by atoms with Crippen LogP contribution in [-0.4, -0.2) is 60.7 Å². The minimum absolute atomic E-state index is 0.212. The topological polar surface area (TPSA) is 138 Å². The van der Waals surface area contributed by atoms with Crippen LogP contribution in [0.2, 0.25) is 0 Å². The van der Waals surface area contributed by atoms with Gasteiger partial charge in [0.2, 0.25) is 0 Å². The molecule has 0 aromatic carbocycles. The van der Waals surface area contributed by atoms with E-state index in [9.17, 15) is 10.2 Å². The van der Waals surface area contributed by atoms with Crippen molar-refractivity contribution in [3.63, 3.8) is 0 Å². The van der Waals surface area contributed by atoms with E-state index >= 15 is 0 Å². The highest BCUT2D eigenvalue weighted by molar-refractivity contribution is 5.88. The molecule has 0 bridgehead atoms. The molecule has 0 radical (unpaired) electrons. The van der Waals surface area contributed by atoms with Crippen molar-refractivity contribution in [3.05, 3.63) is 12.0 Å². The molecule has 0 spiro atoms. The molecule has 2 fully saturated rings. The summed E-state index contributed by atoms with van der Waals surface area (Å²) in [4.78, 5) is 8.23. The third kappa shape index (κ3) is 2.49. The average molecular weight is 351 g/mol. The molecule has 4 heterocycles. The SMILES string of the molecule is C[C@H](O)c1nn([C@@H]2O[C@H](CO)[C@H]3OC(C)(C)O[C@H]32)c2ncnc(N)c12. The quantitative estimate of drug-likeness (QED) is 0.690. The molecule has 2 aliphatic rings. The van der Waals surface area contributed by atoms with Gasteiger partial charge in [0.25, 0.3) is 0 Å². The lowest BCUT2D eigenvalue weighted by Crippen LogP contribution is -2.31. The number of aliphatic hydroxyl groups is 2. The Kier molecular flexibility index (Phi) is 3.71. The number of fused-ring (bicyclic) bond motifs is 2. The maximum Gasteiger partial charge on any atom is 0.181 e. The number of rotatable bonds is 3. The van der Waals surface area contributed by atoms with E-state index < -0.39 is 36.4 Å². The zero-order valence-electron chi connectivity index (χ0n) is 14.2. The molecule has 10 nitrogen and oxygen atoms in total. The van der Waals surface area contributed by atoms with Crippen molar-refractivity contribution in [2.45, 2.75) is 57.2 Å². The lowest BCUT2D eigenvalue weighted by molar-refractivity contribution is -0.201. The van der Waals surface area contributed by atoms with Crippen molar-refractivity contribution >= 4 is 16.9 Å². The summed E-state index contributed by atoms with van der Waals surface area (Å²) in [5.74, 6) is -0.571. The van der Waals surface area contributed by atoms with Gasteiger partial charge in [0.15, 0.2) is 17.7 Å². The fourth-order valence-corrected chi connectivity index (χ4v) is 3.50. The monoisotopic (exact) mass is 351 g/mol. The third-order valence-electron chi connectivity index (χ3n) is 4.49. The molecule has 5 atom stereocenters. The molecule has 10 heteroatoms. The summed E-state index contributed by atoms with van der Waals surface area (Å²) in [5.41, 5.74) is 6.75. The highest BCUT2D eigenvalue weighted by Crippen LogP contribution is 2.44. The van der Waals surface area contributed by atoms with Crippen molar-refractivity contribution < 1.29 is 24.4 Å². The number of anilines is 1. The van der Waals surface area contributed by atoms with E-state index in [1.165, 1.54) is 11.0 Å². The van der Waals surface area contributed by atoms with Crippen LogP contribution in [0, 0.1) is 0 Å². The highest BCUT2D eigenvalue weighted by Gasteiger charge is 2.56. The van der Waals surface area contributed by atoms with Gasteiger partial charge in [-0.15, -0.1) is 0 Å². The lowest BCUT2D eigenvalue weighted by Gasteiger charge is -2.23. The van der Waals surface area contributed by atoms with Gasteiger partial charge in [0.05, 0.1) is 18.1 Å². The van der Waals surface area contributed by atoms with Crippen molar-refractivity contribution in [2.24, 2.45) is 0 Å². The Bertz CT molecular complexity index is 807. The Morgan fingerprint density at radius 1 is 1.32 bits per heavy atom. The third-order valence-corrected chi connectivity index (χ3v) is 4.49. The highest BCUT2D eigenvalue weighted by atomic mass is 16.8. The van der Waals surface area contributed by atoms with E-state index in [1.54, 1.807) is 20.8 Å². The van der Waals surface area contributed by atoms with Crippen LogP contribution < -0.4 is 5.73 Å². The van der Waals surface area contributed by atoms with Crippen LogP contribution in [0.15, 0.2) is 6.33 Å². The summed E-state index contributed by atoms with van der Waals surface area (Å²) in [6.45, 7) is 4.99. The molecule has 2 aliphatic heterocycles. The van der Waals surface area contributed by atoms with Crippen molar-refractivity contribution in [1.82, 2.24) is 19.7 Å². The van der Waals surface area contributed by atoms with Crippen LogP contribution >= 0.6 is 0 Å². The molecule has 25 heavy (non-hydrogen) atoms. The summed E-state index contributed by atoms with van der Waals surface area (Å²) in [7, 11) is 0. The molecule has 2 saturated heterocycles. The molecule has 2 aromatic heterocycles. The first-order valence-corrected chi connectivity index (χ1v) is 8.11. The fourth-order valence-electron chi connectivity index (χ4n) is 3.50. The number of hydrogen-bond acceptors (Lipinski definition) is 9. The van der Waals surface area contributed by atoms with E-state index in [-0.39, 0.29) is 12.4 Å². The molecule has 0 unspecified atom stereocenters. The number of nitrogens with zero attached hydrogens (tertiary/aromatic N) is 4. The smallest absolute Gasteiger partial charge is 0.181 e. The fraction of sp³-hybridized carbons (Fsp3) is 0.667. The summed E-state index contributed by atoms with van der Waals surface area (Å²) in [6.07, 6.45) is -1.67. The van der Waals surface area contributed by atoms with Gasteiger partial charge < -0.3 is 30.2 Å². The van der Waals surface area contributed by atoms with Crippen LogP contribution in [0.5, 0.6) is 0 Å². The summed E-state index contributed by atoms with van der Waals surface area (Å²) in [6, 6.07) is 0. The zero-order chi connectivity index (χ0) is 17.9. The van der Waals surface area contributed by atoms with Crippen LogP contribution in [0.3, 0.4) is 0 Å². The molecular formula is C15H21N5O5. The molecule has 0 aliphatic carbocycles. The van der Waals surface area contributed by atoms with Gasteiger partial charge in [-0.1, -0.05) is 0 Å². The first-order chi connectivity index (χ1) is 11.8. The van der Waals surface area contributed by atoms with Crippen molar-refractivity contribution in [3.8, 4) is 0 Å². The van der Waals surface area contributed by atoms with Crippen LogP contribution in [0.4, 0.5) is 5.82 Å². The van der Waals surface area contributed by atoms with Gasteiger partial charge >= 0.3 is 0 Å². The average Bonchev–Trinajstić information content (AvgIpc) is 3.16. The maximum absolute atomic E-state index is 10.0. The van der Waals surface area contributed by atoms with Gasteiger partial charge in [0, 0.05) is 0 Å². The number of hydrogen-bond donors (Lipinski definition) is 3. The lowest BCUT2D eigenvalue weighted by atomic mass is 10.1. The van der Waals surface area contributed by atoms with Gasteiger partial charge in [-0.25, -0.2) is 14.6 Å². The second kappa shape index (κ2) is 5.58. The Hall–Kier alpha value is -1.85. The summed E-state index contributed by atoms with van der Waals surface area (Å²) < 4.78 is 19.3. The number of ether oxygens (including phenoxy) is 3. The Morgan fingerprint density at radius 2 is 2.04 bits per heavy atom. The Labute approximate surface area is 143 Å². The van der Waals surface area contributed by atoms with Crippen LogP contribution in [-0.2, 0) is 14.2 Å². The van der Waals surface area contributed by atoms with Gasteiger partial charge in [-0.05, 0) is 20.8 Å². The van der Waals surface area contributed by atoms with E-state index in [0.717, 1.165) is 0 Å².